The van der Waals surface area contributed by atoms with Crippen LogP contribution in [-0.4, -0.2) is 63.5 Å². The van der Waals surface area contributed by atoms with Gasteiger partial charge in [-0.1, -0.05) is 0 Å². The van der Waals surface area contributed by atoms with Crippen molar-refractivity contribution >= 4 is 23.7 Å². The number of aromatic nitrogens is 4. The lowest BCUT2D eigenvalue weighted by atomic mass is 10.2. The van der Waals surface area contributed by atoms with Crippen LogP contribution in [0.3, 0.4) is 0 Å². The predicted octanol–water partition coefficient (Wildman–Crippen LogP) is 3.02. The van der Waals surface area contributed by atoms with Gasteiger partial charge in [0.25, 0.3) is 0 Å². The number of carbonyl (C=O) groups excluding carboxylic acids is 2. The van der Waals surface area contributed by atoms with Gasteiger partial charge in [0.1, 0.15) is 11.3 Å². The summed E-state index contributed by atoms with van der Waals surface area (Å²) in [4.78, 5) is 37.3. The Morgan fingerprint density at radius 1 is 1.29 bits per heavy atom. The number of nitrogens with zero attached hydrogens (tertiary/aromatic N) is 4. The Balaban J connectivity index is 2.37. The molecule has 1 atom stereocenters. The highest BCUT2D eigenvalue weighted by atomic mass is 35.5. The number of alkyl carbamates (subject to hydrolysis) is 1. The minimum atomic E-state index is -0.649. The van der Waals surface area contributed by atoms with Crippen molar-refractivity contribution < 1.29 is 23.8 Å². The number of rotatable bonds is 8. The number of hydrogen-bond acceptors (Lipinski definition) is 8. The predicted molar refractivity (Wildman–Crippen MR) is 114 cm³/mol. The molecule has 2 aromatic heterocycles. The van der Waals surface area contributed by atoms with Crippen molar-refractivity contribution in [1.29, 1.82) is 0 Å². The fraction of sp³-hybridized carbons (Fsp3) is 0.550. The van der Waals surface area contributed by atoms with Crippen LogP contribution in [-0.2, 0) is 20.8 Å². The SMILES string of the molecule is CCOC(=O)c1nc(-c2nc(Cl)ncc2C)cn1C[C@H](COC)NC(=O)OC(C)(C)C. The van der Waals surface area contributed by atoms with Gasteiger partial charge in [0.2, 0.25) is 11.1 Å². The van der Waals surface area contributed by atoms with Gasteiger partial charge in [-0.05, 0) is 51.8 Å². The largest absolute Gasteiger partial charge is 0.460 e. The zero-order valence-electron chi connectivity index (χ0n) is 18.6. The lowest BCUT2D eigenvalue weighted by molar-refractivity contribution is 0.0457. The van der Waals surface area contributed by atoms with Crippen molar-refractivity contribution in [1.82, 2.24) is 24.8 Å². The molecule has 31 heavy (non-hydrogen) atoms. The molecule has 0 bridgehead atoms. The van der Waals surface area contributed by atoms with E-state index < -0.39 is 23.7 Å². The van der Waals surface area contributed by atoms with E-state index in [1.807, 2.05) is 6.92 Å². The van der Waals surface area contributed by atoms with Crippen molar-refractivity contribution in [2.24, 2.45) is 0 Å². The van der Waals surface area contributed by atoms with Crippen LogP contribution in [0.25, 0.3) is 11.4 Å². The summed E-state index contributed by atoms with van der Waals surface area (Å²) >= 11 is 5.93. The Labute approximate surface area is 186 Å². The molecule has 0 spiro atoms. The molecule has 0 saturated heterocycles. The van der Waals surface area contributed by atoms with E-state index in [1.165, 1.54) is 7.11 Å². The molecular formula is C20H28ClN5O5. The third kappa shape index (κ3) is 7.18. The third-order valence-electron chi connectivity index (χ3n) is 3.93. The van der Waals surface area contributed by atoms with Crippen molar-refractivity contribution in [3.05, 3.63) is 29.1 Å². The van der Waals surface area contributed by atoms with E-state index in [9.17, 15) is 9.59 Å². The van der Waals surface area contributed by atoms with Gasteiger partial charge in [-0.25, -0.2) is 24.5 Å². The van der Waals surface area contributed by atoms with Gasteiger partial charge in [0.05, 0.1) is 24.9 Å². The second kappa shape index (κ2) is 10.5. The number of methoxy groups -OCH3 is 1. The highest BCUT2D eigenvalue weighted by molar-refractivity contribution is 6.28. The Hall–Kier alpha value is -2.72. The van der Waals surface area contributed by atoms with Crippen LogP contribution in [0.15, 0.2) is 12.4 Å². The summed E-state index contributed by atoms with van der Waals surface area (Å²) in [6.45, 7) is 9.40. The normalized spacial score (nSPS) is 12.4. The molecule has 2 aromatic rings. The number of carbonyl (C=O) groups is 2. The monoisotopic (exact) mass is 453 g/mol. The van der Waals surface area contributed by atoms with E-state index in [0.717, 1.165) is 5.56 Å². The van der Waals surface area contributed by atoms with E-state index in [1.54, 1.807) is 44.7 Å². The molecule has 1 amide bonds. The van der Waals surface area contributed by atoms with E-state index >= 15 is 0 Å². The molecule has 0 unspecified atom stereocenters. The number of hydrogen-bond donors (Lipinski definition) is 1. The first kappa shape index (κ1) is 24.5. The molecule has 11 heteroatoms. The molecule has 2 rings (SSSR count). The molecular weight excluding hydrogens is 426 g/mol. The van der Waals surface area contributed by atoms with Crippen molar-refractivity contribution in [3.63, 3.8) is 0 Å². The van der Waals surface area contributed by atoms with Crippen molar-refractivity contribution in [3.8, 4) is 11.4 Å². The zero-order chi connectivity index (χ0) is 23.2. The average Bonchev–Trinajstić information content (AvgIpc) is 3.06. The molecule has 0 aliphatic rings. The zero-order valence-corrected chi connectivity index (χ0v) is 19.3. The maximum Gasteiger partial charge on any atom is 0.408 e. The second-order valence-electron chi connectivity index (χ2n) is 7.79. The lowest BCUT2D eigenvalue weighted by Gasteiger charge is -2.23. The number of imidazole rings is 1. The van der Waals surface area contributed by atoms with Gasteiger partial charge in [-0.3, -0.25) is 0 Å². The summed E-state index contributed by atoms with van der Waals surface area (Å²) in [6.07, 6.45) is 2.63. The Morgan fingerprint density at radius 2 is 2.00 bits per heavy atom. The van der Waals surface area contributed by atoms with Crippen LogP contribution in [0.1, 0.15) is 43.9 Å². The Morgan fingerprint density at radius 3 is 2.61 bits per heavy atom. The van der Waals surface area contributed by atoms with Crippen LogP contribution < -0.4 is 5.32 Å². The third-order valence-corrected chi connectivity index (χ3v) is 4.11. The van der Waals surface area contributed by atoms with Crippen molar-refractivity contribution in [2.45, 2.75) is 52.8 Å². The number of esters is 1. The lowest BCUT2D eigenvalue weighted by Crippen LogP contribution is -2.43. The van der Waals surface area contributed by atoms with Crippen LogP contribution in [0.2, 0.25) is 5.28 Å². The number of halogens is 1. The first-order valence-corrected chi connectivity index (χ1v) is 10.1. The summed E-state index contributed by atoms with van der Waals surface area (Å²) in [6, 6.07) is -0.495. The van der Waals surface area contributed by atoms with Gasteiger partial charge in [0.15, 0.2) is 0 Å². The molecule has 1 N–H and O–H groups in total. The van der Waals surface area contributed by atoms with Crippen LogP contribution in [0.4, 0.5) is 4.79 Å². The molecule has 10 nitrogen and oxygen atoms in total. The summed E-state index contributed by atoms with van der Waals surface area (Å²) < 4.78 is 17.3. The molecule has 170 valence electrons. The molecule has 0 aromatic carbocycles. The molecule has 2 heterocycles. The van der Waals surface area contributed by atoms with Crippen LogP contribution in [0.5, 0.6) is 0 Å². The summed E-state index contributed by atoms with van der Waals surface area (Å²) in [5.41, 5.74) is 1.01. The second-order valence-corrected chi connectivity index (χ2v) is 8.13. The minimum absolute atomic E-state index is 0.0664. The van der Waals surface area contributed by atoms with Gasteiger partial charge in [-0.2, -0.15) is 0 Å². The van der Waals surface area contributed by atoms with Gasteiger partial charge in [0, 0.05) is 26.0 Å². The highest BCUT2D eigenvalue weighted by Gasteiger charge is 2.24. The van der Waals surface area contributed by atoms with Crippen LogP contribution >= 0.6 is 11.6 Å². The standard InChI is InChI=1S/C20H28ClN5O5/c1-7-30-17(27)16-24-14(15-12(2)8-22-18(21)25-15)10-26(16)9-13(11-29-6)23-19(28)31-20(3,4)5/h8,10,13H,7,9,11H2,1-6H3,(H,23,28)/t13-/m1/s1. The smallest absolute Gasteiger partial charge is 0.408 e. The summed E-state index contributed by atoms with van der Waals surface area (Å²) in [7, 11) is 1.52. The molecule has 0 radical (unpaired) electrons. The Kier molecular flexibility index (Phi) is 8.35. The maximum atomic E-state index is 12.5. The molecule has 0 aliphatic heterocycles. The molecule has 0 fully saturated rings. The summed E-state index contributed by atoms with van der Waals surface area (Å²) in [5.74, 6) is -0.530. The minimum Gasteiger partial charge on any atom is -0.460 e. The maximum absolute atomic E-state index is 12.5. The van der Waals surface area contributed by atoms with E-state index in [0.29, 0.717) is 11.4 Å². The van der Waals surface area contributed by atoms with Crippen LogP contribution in [0, 0.1) is 6.92 Å². The number of ether oxygens (including phenoxy) is 3. The first-order chi connectivity index (χ1) is 14.5. The van der Waals surface area contributed by atoms with E-state index in [2.05, 4.69) is 20.3 Å². The van der Waals surface area contributed by atoms with Gasteiger partial charge in [-0.15, -0.1) is 0 Å². The fourth-order valence-electron chi connectivity index (χ4n) is 2.76. The average molecular weight is 454 g/mol. The topological polar surface area (TPSA) is 117 Å². The van der Waals surface area contributed by atoms with E-state index in [-0.39, 0.29) is 30.9 Å². The van der Waals surface area contributed by atoms with Gasteiger partial charge < -0.3 is 24.1 Å². The summed E-state index contributed by atoms with van der Waals surface area (Å²) in [5, 5.41) is 2.82. The molecule has 0 aliphatic carbocycles. The number of amides is 1. The number of nitrogens with one attached hydrogen (secondary N) is 1. The first-order valence-electron chi connectivity index (χ1n) is 9.76. The molecule has 0 saturated carbocycles. The van der Waals surface area contributed by atoms with E-state index in [4.69, 9.17) is 25.8 Å². The fourth-order valence-corrected chi connectivity index (χ4v) is 2.89. The number of aryl methyl sites for hydroxylation is 1. The quantitative estimate of drug-likeness (QED) is 0.478. The highest BCUT2D eigenvalue weighted by Crippen LogP contribution is 2.22. The van der Waals surface area contributed by atoms with Gasteiger partial charge >= 0.3 is 12.1 Å². The Bertz CT molecular complexity index is 925. The van der Waals surface area contributed by atoms with Crippen molar-refractivity contribution in [2.75, 3.05) is 20.3 Å².